The predicted molar refractivity (Wildman–Crippen MR) is 103 cm³/mol. The molecule has 0 saturated heterocycles. The number of nitrogens with zero attached hydrogens (tertiary/aromatic N) is 4. The largest absolute Gasteiger partial charge is 0.354 e. The molecular formula is C19H18ClN5O. The van der Waals surface area contributed by atoms with E-state index in [9.17, 15) is 4.79 Å². The molecule has 3 rings (SSSR count). The molecule has 1 amide bonds. The normalized spacial score (nSPS) is 10.4. The number of carbonyl (C=O) groups excluding carboxylic acids is 1. The molecule has 0 bridgehead atoms. The van der Waals surface area contributed by atoms with Crippen molar-refractivity contribution in [3.8, 4) is 0 Å². The summed E-state index contributed by atoms with van der Waals surface area (Å²) in [4.78, 5) is 26.6. The molecule has 6 nitrogen and oxygen atoms in total. The van der Waals surface area contributed by atoms with Gasteiger partial charge in [-0.3, -0.25) is 14.8 Å². The van der Waals surface area contributed by atoms with Crippen molar-refractivity contribution in [1.82, 2.24) is 15.0 Å². The van der Waals surface area contributed by atoms with E-state index < -0.39 is 0 Å². The van der Waals surface area contributed by atoms with Crippen LogP contribution in [0.5, 0.6) is 0 Å². The first-order chi connectivity index (χ1) is 12.5. The number of pyridine rings is 1. The van der Waals surface area contributed by atoms with E-state index in [1.54, 1.807) is 24.7 Å². The lowest BCUT2D eigenvalue weighted by Gasteiger charge is -2.18. The number of aromatic nitrogens is 3. The van der Waals surface area contributed by atoms with Crippen LogP contribution in [-0.4, -0.2) is 27.9 Å². The van der Waals surface area contributed by atoms with Crippen LogP contribution in [0.15, 0.2) is 55.1 Å². The number of anilines is 2. The summed E-state index contributed by atoms with van der Waals surface area (Å²) in [6, 6.07) is 9.46. The number of aryl methyl sites for hydroxylation is 1. The third-order valence-corrected chi connectivity index (χ3v) is 3.91. The summed E-state index contributed by atoms with van der Waals surface area (Å²) in [6.07, 6.45) is 6.42. The van der Waals surface area contributed by atoms with Crippen LogP contribution in [0.4, 0.5) is 11.5 Å². The Morgan fingerprint density at radius 2 is 1.96 bits per heavy atom. The Kier molecular flexibility index (Phi) is 5.43. The van der Waals surface area contributed by atoms with Gasteiger partial charge in [0.25, 0.3) is 5.91 Å². The van der Waals surface area contributed by atoms with Crippen LogP contribution >= 0.6 is 11.6 Å². The quantitative estimate of drug-likeness (QED) is 0.744. The van der Waals surface area contributed by atoms with E-state index in [0.717, 1.165) is 16.8 Å². The van der Waals surface area contributed by atoms with Gasteiger partial charge in [0.1, 0.15) is 11.0 Å². The lowest BCUT2D eigenvalue weighted by molar-refractivity contribution is 0.102. The van der Waals surface area contributed by atoms with Crippen molar-refractivity contribution in [1.29, 1.82) is 0 Å². The van der Waals surface area contributed by atoms with E-state index in [4.69, 9.17) is 11.6 Å². The van der Waals surface area contributed by atoms with Gasteiger partial charge in [-0.2, -0.15) is 0 Å². The van der Waals surface area contributed by atoms with Crippen molar-refractivity contribution >= 4 is 29.0 Å². The smallest absolute Gasteiger partial charge is 0.257 e. The molecule has 132 valence electrons. The first kappa shape index (κ1) is 17.8. The second kappa shape index (κ2) is 7.93. The lowest BCUT2D eigenvalue weighted by Crippen LogP contribution is -2.18. The molecule has 3 aromatic rings. The van der Waals surface area contributed by atoms with Crippen molar-refractivity contribution in [2.45, 2.75) is 13.5 Å². The summed E-state index contributed by atoms with van der Waals surface area (Å²) in [7, 11) is 1.91. The van der Waals surface area contributed by atoms with E-state index in [1.807, 2.05) is 43.1 Å². The summed E-state index contributed by atoms with van der Waals surface area (Å²) in [6.45, 7) is 2.50. The number of halogens is 1. The third-order valence-electron chi connectivity index (χ3n) is 3.73. The van der Waals surface area contributed by atoms with Crippen LogP contribution in [0.3, 0.4) is 0 Å². The van der Waals surface area contributed by atoms with Crippen molar-refractivity contribution in [3.05, 3.63) is 77.0 Å². The zero-order valence-corrected chi connectivity index (χ0v) is 15.2. The van der Waals surface area contributed by atoms with Crippen LogP contribution in [0.2, 0.25) is 5.15 Å². The Bertz CT molecular complexity index is 931. The molecule has 2 heterocycles. The van der Waals surface area contributed by atoms with Gasteiger partial charge in [-0.1, -0.05) is 23.7 Å². The Balaban J connectivity index is 1.71. The van der Waals surface area contributed by atoms with E-state index in [2.05, 4.69) is 20.3 Å². The Hall–Kier alpha value is -2.99. The fourth-order valence-corrected chi connectivity index (χ4v) is 2.64. The maximum atomic E-state index is 12.4. The maximum Gasteiger partial charge on any atom is 0.257 e. The third kappa shape index (κ3) is 4.55. The molecule has 0 spiro atoms. The van der Waals surface area contributed by atoms with Crippen molar-refractivity contribution < 1.29 is 4.79 Å². The van der Waals surface area contributed by atoms with Gasteiger partial charge < -0.3 is 10.2 Å². The molecular weight excluding hydrogens is 350 g/mol. The first-order valence-corrected chi connectivity index (χ1v) is 8.40. The molecule has 2 aromatic heterocycles. The number of hydrogen-bond donors (Lipinski definition) is 1. The second-order valence-electron chi connectivity index (χ2n) is 5.96. The fraction of sp³-hybridized carbons (Fsp3) is 0.158. The predicted octanol–water partition coefficient (Wildman–Crippen LogP) is 3.72. The van der Waals surface area contributed by atoms with Crippen molar-refractivity contribution in [2.24, 2.45) is 0 Å². The summed E-state index contributed by atoms with van der Waals surface area (Å²) in [5.74, 6) is 0.491. The molecule has 0 aliphatic rings. The van der Waals surface area contributed by atoms with Gasteiger partial charge in [-0.15, -0.1) is 0 Å². The molecule has 7 heteroatoms. The minimum absolute atomic E-state index is 0.188. The van der Waals surface area contributed by atoms with Crippen molar-refractivity contribution in [2.75, 3.05) is 17.3 Å². The van der Waals surface area contributed by atoms with Gasteiger partial charge >= 0.3 is 0 Å². The highest BCUT2D eigenvalue weighted by Gasteiger charge is 2.09. The van der Waals surface area contributed by atoms with Crippen LogP contribution in [0, 0.1) is 6.92 Å². The highest BCUT2D eigenvalue weighted by atomic mass is 35.5. The van der Waals surface area contributed by atoms with E-state index >= 15 is 0 Å². The lowest BCUT2D eigenvalue weighted by atomic mass is 10.1. The number of benzene rings is 1. The van der Waals surface area contributed by atoms with E-state index in [1.165, 1.54) is 6.20 Å². The Morgan fingerprint density at radius 3 is 2.73 bits per heavy atom. The highest BCUT2D eigenvalue weighted by molar-refractivity contribution is 6.29. The Labute approximate surface area is 156 Å². The summed E-state index contributed by atoms with van der Waals surface area (Å²) in [5.41, 5.74) is 3.21. The number of amides is 1. The number of rotatable bonds is 5. The summed E-state index contributed by atoms with van der Waals surface area (Å²) >= 11 is 5.89. The van der Waals surface area contributed by atoms with Crippen molar-refractivity contribution in [3.63, 3.8) is 0 Å². The standard InChI is InChI=1S/C19H18ClN5O/c1-13-6-15(9-21-8-13)19(26)23-16-5-3-4-14(7-16)12-25(2)18-11-22-10-17(20)24-18/h3-11H,12H2,1-2H3,(H,23,26). The molecule has 26 heavy (non-hydrogen) atoms. The van der Waals surface area contributed by atoms with Gasteiger partial charge in [0.05, 0.1) is 18.0 Å². The number of hydrogen-bond acceptors (Lipinski definition) is 5. The highest BCUT2D eigenvalue weighted by Crippen LogP contribution is 2.17. The van der Waals surface area contributed by atoms with Gasteiger partial charge in [0.15, 0.2) is 0 Å². The topological polar surface area (TPSA) is 71.0 Å². The zero-order chi connectivity index (χ0) is 18.5. The maximum absolute atomic E-state index is 12.4. The molecule has 0 aliphatic carbocycles. The average molecular weight is 368 g/mol. The summed E-state index contributed by atoms with van der Waals surface area (Å²) in [5, 5.41) is 3.25. The monoisotopic (exact) mass is 367 g/mol. The Morgan fingerprint density at radius 1 is 1.15 bits per heavy atom. The summed E-state index contributed by atoms with van der Waals surface area (Å²) < 4.78 is 0. The SMILES string of the molecule is Cc1cncc(C(=O)Nc2cccc(CN(C)c3cncc(Cl)n3)c2)c1. The van der Waals surface area contributed by atoms with Crippen LogP contribution in [0.1, 0.15) is 21.5 Å². The first-order valence-electron chi connectivity index (χ1n) is 8.02. The molecule has 0 unspecified atom stereocenters. The van der Waals surface area contributed by atoms with Crippen LogP contribution < -0.4 is 10.2 Å². The molecule has 0 atom stereocenters. The fourth-order valence-electron chi connectivity index (χ4n) is 2.50. The zero-order valence-electron chi connectivity index (χ0n) is 14.5. The average Bonchev–Trinajstić information content (AvgIpc) is 2.62. The molecule has 1 N–H and O–H groups in total. The van der Waals surface area contributed by atoms with Gasteiger partial charge in [-0.25, -0.2) is 4.98 Å². The minimum Gasteiger partial charge on any atom is -0.354 e. The van der Waals surface area contributed by atoms with Gasteiger partial charge in [-0.05, 0) is 36.2 Å². The molecule has 0 radical (unpaired) electrons. The van der Waals surface area contributed by atoms with E-state index in [0.29, 0.717) is 23.1 Å². The van der Waals surface area contributed by atoms with Crippen LogP contribution in [0.25, 0.3) is 0 Å². The number of carbonyl (C=O) groups is 1. The minimum atomic E-state index is -0.188. The van der Waals surface area contributed by atoms with Gasteiger partial charge in [0.2, 0.25) is 0 Å². The van der Waals surface area contributed by atoms with Crippen LogP contribution in [-0.2, 0) is 6.54 Å². The van der Waals surface area contributed by atoms with Gasteiger partial charge in [0, 0.05) is 31.7 Å². The number of nitrogens with one attached hydrogen (secondary N) is 1. The molecule has 0 saturated carbocycles. The van der Waals surface area contributed by atoms with E-state index in [-0.39, 0.29) is 5.91 Å². The molecule has 0 aliphatic heterocycles. The molecule has 1 aromatic carbocycles. The second-order valence-corrected chi connectivity index (χ2v) is 6.35. The molecule has 0 fully saturated rings.